The Kier molecular flexibility index (Phi) is 4.77. The molecule has 1 heterocycles. The van der Waals surface area contributed by atoms with Gasteiger partial charge in [0.25, 0.3) is 0 Å². The van der Waals surface area contributed by atoms with Crippen LogP contribution in [0.15, 0.2) is 30.3 Å². The molecule has 0 aliphatic carbocycles. The Labute approximate surface area is 132 Å². The number of nitrogens with zero attached hydrogens (tertiary/aromatic N) is 1. The van der Waals surface area contributed by atoms with Crippen LogP contribution in [-0.4, -0.2) is 9.90 Å². The molecule has 0 radical (unpaired) electrons. The first-order valence-electron chi connectivity index (χ1n) is 5.92. The standard InChI is InChI=1S/C15H14BrCl2N/c1-10-9-12(5-4-8-16)11(2)19(10)14-7-3-6-13(17)15(14)18/h3-7,9H,8H2,1-2H3. The highest BCUT2D eigenvalue weighted by Crippen LogP contribution is 2.31. The second kappa shape index (κ2) is 6.17. The maximum atomic E-state index is 6.31. The molecule has 0 aliphatic heterocycles. The van der Waals surface area contributed by atoms with Crippen LogP contribution in [0.1, 0.15) is 17.0 Å². The van der Waals surface area contributed by atoms with Crippen molar-refractivity contribution in [2.75, 3.05) is 5.33 Å². The van der Waals surface area contributed by atoms with Crippen LogP contribution in [0.2, 0.25) is 10.0 Å². The van der Waals surface area contributed by atoms with E-state index in [1.807, 2.05) is 12.1 Å². The molecule has 1 aromatic carbocycles. The molecule has 1 nitrogen and oxygen atoms in total. The SMILES string of the molecule is Cc1cc(C=CCBr)c(C)n1-c1cccc(Cl)c1Cl. The van der Waals surface area contributed by atoms with Gasteiger partial charge in [0.1, 0.15) is 0 Å². The summed E-state index contributed by atoms with van der Waals surface area (Å²) in [5, 5.41) is 2.00. The lowest BCUT2D eigenvalue weighted by Gasteiger charge is -2.12. The number of aryl methyl sites for hydroxylation is 1. The molecular formula is C15H14BrCl2N. The van der Waals surface area contributed by atoms with E-state index >= 15 is 0 Å². The molecule has 0 unspecified atom stereocenters. The first-order chi connectivity index (χ1) is 9.06. The maximum absolute atomic E-state index is 6.31. The van der Waals surface area contributed by atoms with Gasteiger partial charge in [-0.3, -0.25) is 0 Å². The fourth-order valence-corrected chi connectivity index (χ4v) is 2.73. The maximum Gasteiger partial charge on any atom is 0.0832 e. The minimum Gasteiger partial charge on any atom is -0.316 e. The lowest BCUT2D eigenvalue weighted by molar-refractivity contribution is 0.965. The van der Waals surface area contributed by atoms with Gasteiger partial charge in [0.15, 0.2) is 0 Å². The van der Waals surface area contributed by atoms with Crippen molar-refractivity contribution in [3.8, 4) is 5.69 Å². The van der Waals surface area contributed by atoms with Crippen molar-refractivity contribution in [1.29, 1.82) is 0 Å². The van der Waals surface area contributed by atoms with Gasteiger partial charge in [-0.2, -0.15) is 0 Å². The molecule has 100 valence electrons. The van der Waals surface area contributed by atoms with E-state index in [9.17, 15) is 0 Å². The zero-order valence-corrected chi connectivity index (χ0v) is 13.9. The highest BCUT2D eigenvalue weighted by Gasteiger charge is 2.12. The van der Waals surface area contributed by atoms with Crippen molar-refractivity contribution in [1.82, 2.24) is 4.57 Å². The fraction of sp³-hybridized carbons (Fsp3) is 0.200. The summed E-state index contributed by atoms with van der Waals surface area (Å²) >= 11 is 15.8. The third-order valence-corrected chi connectivity index (χ3v) is 4.21. The predicted octanol–water partition coefficient (Wildman–Crippen LogP) is 5.81. The van der Waals surface area contributed by atoms with Gasteiger partial charge in [-0.25, -0.2) is 0 Å². The van der Waals surface area contributed by atoms with E-state index in [1.165, 1.54) is 5.56 Å². The average Bonchev–Trinajstić information content (AvgIpc) is 2.66. The molecule has 19 heavy (non-hydrogen) atoms. The molecule has 1 aromatic heterocycles. The smallest absolute Gasteiger partial charge is 0.0832 e. The quantitative estimate of drug-likeness (QED) is 0.610. The minimum atomic E-state index is 0.573. The predicted molar refractivity (Wildman–Crippen MR) is 88.1 cm³/mol. The summed E-state index contributed by atoms with van der Waals surface area (Å²) in [5.41, 5.74) is 4.39. The molecule has 0 saturated carbocycles. The third kappa shape index (κ3) is 2.91. The topological polar surface area (TPSA) is 4.93 Å². The highest BCUT2D eigenvalue weighted by molar-refractivity contribution is 9.09. The van der Waals surface area contributed by atoms with Crippen LogP contribution in [0.3, 0.4) is 0 Å². The Bertz CT molecular complexity index is 629. The van der Waals surface area contributed by atoms with E-state index in [0.717, 1.165) is 22.4 Å². The number of benzene rings is 1. The number of allylic oxidation sites excluding steroid dienone is 1. The van der Waals surface area contributed by atoms with Gasteiger partial charge in [-0.15, -0.1) is 0 Å². The van der Waals surface area contributed by atoms with Gasteiger partial charge in [0.05, 0.1) is 15.7 Å². The van der Waals surface area contributed by atoms with Crippen LogP contribution in [0.4, 0.5) is 0 Å². The van der Waals surface area contributed by atoms with Crippen molar-refractivity contribution in [2.45, 2.75) is 13.8 Å². The van der Waals surface area contributed by atoms with E-state index in [4.69, 9.17) is 23.2 Å². The molecule has 0 saturated heterocycles. The van der Waals surface area contributed by atoms with Crippen LogP contribution in [-0.2, 0) is 0 Å². The lowest BCUT2D eigenvalue weighted by atomic mass is 10.2. The van der Waals surface area contributed by atoms with E-state index in [2.05, 4.69) is 52.6 Å². The third-order valence-electron chi connectivity index (χ3n) is 3.03. The van der Waals surface area contributed by atoms with Gasteiger partial charge in [0.2, 0.25) is 0 Å². The summed E-state index contributed by atoms with van der Waals surface area (Å²) in [6, 6.07) is 7.83. The van der Waals surface area contributed by atoms with Gasteiger partial charge in [-0.1, -0.05) is 57.4 Å². The molecule has 0 bridgehead atoms. The second-order valence-electron chi connectivity index (χ2n) is 4.29. The van der Waals surface area contributed by atoms with Crippen molar-refractivity contribution in [2.24, 2.45) is 0 Å². The summed E-state index contributed by atoms with van der Waals surface area (Å²) in [7, 11) is 0. The molecule has 0 aliphatic rings. The van der Waals surface area contributed by atoms with Crippen molar-refractivity contribution in [3.05, 3.63) is 57.3 Å². The Hall–Kier alpha value is -0.700. The van der Waals surface area contributed by atoms with Gasteiger partial charge < -0.3 is 4.57 Å². The van der Waals surface area contributed by atoms with Crippen molar-refractivity contribution >= 4 is 45.2 Å². The molecule has 0 N–H and O–H groups in total. The summed E-state index contributed by atoms with van der Waals surface area (Å²) in [6.45, 7) is 4.15. The number of alkyl halides is 1. The minimum absolute atomic E-state index is 0.573. The average molecular weight is 359 g/mol. The van der Waals surface area contributed by atoms with E-state index in [1.54, 1.807) is 6.07 Å². The number of rotatable bonds is 3. The molecule has 2 aromatic rings. The summed E-state index contributed by atoms with van der Waals surface area (Å²) in [5.74, 6) is 0. The zero-order chi connectivity index (χ0) is 14.0. The Morgan fingerprint density at radius 1 is 1.26 bits per heavy atom. The molecular weight excluding hydrogens is 345 g/mol. The summed E-state index contributed by atoms with van der Waals surface area (Å²) < 4.78 is 2.13. The number of hydrogen-bond donors (Lipinski definition) is 0. The van der Waals surface area contributed by atoms with E-state index < -0.39 is 0 Å². The largest absolute Gasteiger partial charge is 0.316 e. The van der Waals surface area contributed by atoms with Gasteiger partial charge in [-0.05, 0) is 37.6 Å². The molecule has 0 atom stereocenters. The van der Waals surface area contributed by atoms with Crippen LogP contribution in [0, 0.1) is 13.8 Å². The van der Waals surface area contributed by atoms with Gasteiger partial charge in [0, 0.05) is 16.7 Å². The molecule has 0 fully saturated rings. The van der Waals surface area contributed by atoms with Crippen LogP contribution < -0.4 is 0 Å². The Morgan fingerprint density at radius 3 is 2.68 bits per heavy atom. The fourth-order valence-electron chi connectivity index (χ4n) is 2.16. The Morgan fingerprint density at radius 2 is 2.00 bits per heavy atom. The Balaban J connectivity index is 2.60. The monoisotopic (exact) mass is 357 g/mol. The van der Waals surface area contributed by atoms with Gasteiger partial charge >= 0.3 is 0 Å². The first-order valence-corrected chi connectivity index (χ1v) is 7.80. The van der Waals surface area contributed by atoms with E-state index in [0.29, 0.717) is 10.0 Å². The molecule has 4 heteroatoms. The normalized spacial score (nSPS) is 11.4. The number of aromatic nitrogens is 1. The van der Waals surface area contributed by atoms with Crippen molar-refractivity contribution in [3.63, 3.8) is 0 Å². The van der Waals surface area contributed by atoms with Crippen LogP contribution in [0.25, 0.3) is 11.8 Å². The number of halogens is 3. The van der Waals surface area contributed by atoms with Crippen LogP contribution >= 0.6 is 39.1 Å². The van der Waals surface area contributed by atoms with Crippen molar-refractivity contribution < 1.29 is 0 Å². The molecule has 0 spiro atoms. The zero-order valence-electron chi connectivity index (χ0n) is 10.8. The molecule has 2 rings (SSSR count). The second-order valence-corrected chi connectivity index (χ2v) is 5.72. The first kappa shape index (κ1) is 14.7. The molecule has 0 amide bonds. The van der Waals surface area contributed by atoms with Crippen LogP contribution in [0.5, 0.6) is 0 Å². The summed E-state index contributed by atoms with van der Waals surface area (Å²) in [6.07, 6.45) is 4.18. The summed E-state index contributed by atoms with van der Waals surface area (Å²) in [4.78, 5) is 0. The highest BCUT2D eigenvalue weighted by atomic mass is 79.9. The lowest BCUT2D eigenvalue weighted by Crippen LogP contribution is -2.00. The van der Waals surface area contributed by atoms with E-state index in [-0.39, 0.29) is 0 Å². The number of hydrogen-bond acceptors (Lipinski definition) is 0.